The van der Waals surface area contributed by atoms with Gasteiger partial charge in [-0.1, -0.05) is 109 Å². The molecule has 5 heteroatoms. The van der Waals surface area contributed by atoms with Gasteiger partial charge in [-0.2, -0.15) is 5.26 Å². The number of quaternary nitrogens is 1. The summed E-state index contributed by atoms with van der Waals surface area (Å²) in [7, 11) is 0. The second-order valence-corrected chi connectivity index (χ2v) is 13.4. The van der Waals surface area contributed by atoms with Crippen molar-refractivity contribution in [2.24, 2.45) is 0 Å². The van der Waals surface area contributed by atoms with Gasteiger partial charge in [0.1, 0.15) is 0 Å². The molecule has 0 aliphatic carbocycles. The van der Waals surface area contributed by atoms with E-state index < -0.39 is 0 Å². The Morgan fingerprint density at radius 2 is 1.19 bits per heavy atom. The Morgan fingerprint density at radius 1 is 0.558 bits per heavy atom. The first kappa shape index (κ1) is 31.3. The molecule has 0 aromatic heterocycles. The van der Waals surface area contributed by atoms with Crippen LogP contribution in [0.3, 0.4) is 0 Å². The second kappa shape index (κ2) is 13.5. The zero-order valence-corrected chi connectivity index (χ0v) is 28.5. The molecule has 7 aromatic rings. The lowest BCUT2D eigenvalue weighted by Crippen LogP contribution is -3.07. The first-order valence-electron chi connectivity index (χ1n) is 17.8. The van der Waals surface area contributed by atoms with Gasteiger partial charge in [-0.3, -0.25) is 5.32 Å². The first-order valence-corrected chi connectivity index (χ1v) is 17.8. The molecule has 52 heavy (non-hydrogen) atoms. The smallest absolute Gasteiger partial charge is 0.284 e. The van der Waals surface area contributed by atoms with Gasteiger partial charge < -0.3 is 5.32 Å². The topological polar surface area (TPSA) is 78.4 Å². The van der Waals surface area contributed by atoms with E-state index >= 15 is 0 Å². The van der Waals surface area contributed by atoms with E-state index in [0.29, 0.717) is 5.56 Å². The molecule has 0 spiro atoms. The number of nitrogens with zero attached hydrogens (tertiary/aromatic N) is 1. The summed E-state index contributed by atoms with van der Waals surface area (Å²) >= 11 is 0. The second-order valence-electron chi connectivity index (χ2n) is 13.4. The molecule has 9 rings (SSSR count). The number of rotatable bonds is 6. The summed E-state index contributed by atoms with van der Waals surface area (Å²) in [6, 6.07) is 62.1. The fraction of sp³-hybridized carbons (Fsp3) is 0.0638. The molecule has 3 atom stereocenters. The Morgan fingerprint density at radius 3 is 1.90 bits per heavy atom. The number of benzene rings is 7. The van der Waals surface area contributed by atoms with Gasteiger partial charge in [-0.25, -0.2) is 10.3 Å². The van der Waals surface area contributed by atoms with E-state index in [0.717, 1.165) is 22.6 Å². The van der Waals surface area contributed by atoms with Crippen LogP contribution in [0.5, 0.6) is 0 Å². The molecular weight excluding hydrogens is 635 g/mol. The highest BCUT2D eigenvalue weighted by atomic mass is 15.3. The largest absolute Gasteiger partial charge is 0.374 e. The van der Waals surface area contributed by atoms with E-state index in [2.05, 4.69) is 179 Å². The molecule has 5 N–H and O–H groups in total. The molecule has 2 aliphatic heterocycles. The molecule has 0 amide bonds. The molecular formula is C47H37N5+2. The van der Waals surface area contributed by atoms with Gasteiger partial charge >= 0.3 is 0 Å². The molecule has 0 saturated heterocycles. The molecule has 0 bridgehead atoms. The van der Waals surface area contributed by atoms with Gasteiger partial charge in [0.25, 0.3) is 18.2 Å². The Kier molecular flexibility index (Phi) is 8.13. The molecule has 5 nitrogen and oxygen atoms in total. The van der Waals surface area contributed by atoms with Crippen LogP contribution in [0, 0.1) is 11.3 Å². The van der Waals surface area contributed by atoms with Crippen molar-refractivity contribution in [3.05, 3.63) is 215 Å². The van der Waals surface area contributed by atoms with Gasteiger partial charge in [-0.15, -0.1) is 0 Å². The fourth-order valence-electron chi connectivity index (χ4n) is 7.52. The van der Waals surface area contributed by atoms with E-state index in [1.54, 1.807) is 0 Å². The van der Waals surface area contributed by atoms with E-state index in [9.17, 15) is 5.26 Å². The van der Waals surface area contributed by atoms with Crippen molar-refractivity contribution < 1.29 is 10.3 Å². The maximum atomic E-state index is 9.35. The third-order valence-corrected chi connectivity index (χ3v) is 10.2. The highest BCUT2D eigenvalue weighted by Gasteiger charge is 2.34. The number of hydrogen-bond donors (Lipinski definition) is 4. The molecule has 0 radical (unpaired) electrons. The molecule has 0 saturated carbocycles. The summed E-state index contributed by atoms with van der Waals surface area (Å²) in [5.41, 5.74) is 12.4. The minimum Gasteiger partial charge on any atom is -0.374 e. The lowest BCUT2D eigenvalue weighted by atomic mass is 9.85. The molecule has 0 fully saturated rings. The van der Waals surface area contributed by atoms with Crippen LogP contribution in [0.15, 0.2) is 176 Å². The monoisotopic (exact) mass is 671 g/mol. The summed E-state index contributed by atoms with van der Waals surface area (Å²) in [4.78, 5) is 3.73. The van der Waals surface area contributed by atoms with Crippen LogP contribution >= 0.6 is 0 Å². The van der Waals surface area contributed by atoms with Crippen LogP contribution in [-0.4, -0.2) is 5.84 Å². The van der Waals surface area contributed by atoms with E-state index in [1.807, 2.05) is 24.3 Å². The average molecular weight is 672 g/mol. The van der Waals surface area contributed by atoms with Crippen molar-refractivity contribution in [1.29, 1.82) is 5.26 Å². The van der Waals surface area contributed by atoms with Crippen LogP contribution in [-0.2, 0) is 0 Å². The molecule has 3 unspecified atom stereocenters. The Balaban J connectivity index is 1.06. The number of hydrogen-bond acceptors (Lipinski definition) is 3. The van der Waals surface area contributed by atoms with Crippen molar-refractivity contribution in [2.45, 2.75) is 18.4 Å². The van der Waals surface area contributed by atoms with Crippen molar-refractivity contribution in [3.63, 3.8) is 0 Å². The van der Waals surface area contributed by atoms with E-state index in [1.165, 1.54) is 49.7 Å². The van der Waals surface area contributed by atoms with Crippen molar-refractivity contribution in [3.8, 4) is 17.2 Å². The Labute approximate surface area is 303 Å². The van der Waals surface area contributed by atoms with Gasteiger partial charge in [0.05, 0.1) is 34.4 Å². The Hall–Kier alpha value is -6.74. The normalized spacial score (nSPS) is 17.9. The van der Waals surface area contributed by atoms with E-state index in [4.69, 9.17) is 0 Å². The maximum absolute atomic E-state index is 9.35. The molecule has 248 valence electrons. The summed E-state index contributed by atoms with van der Waals surface area (Å²) in [6.07, 6.45) is 2.44. The maximum Gasteiger partial charge on any atom is 0.284 e. The van der Waals surface area contributed by atoms with Crippen molar-refractivity contribution >= 4 is 27.9 Å². The average Bonchev–Trinajstić information content (AvgIpc) is 3.24. The van der Waals surface area contributed by atoms with Crippen LogP contribution < -0.4 is 20.9 Å². The third kappa shape index (κ3) is 6.02. The number of nitrogens with two attached hydrogens (primary N) is 1. The summed E-state index contributed by atoms with van der Waals surface area (Å²) < 4.78 is 0. The summed E-state index contributed by atoms with van der Waals surface area (Å²) in [5, 5.41) is 21.7. The standard InChI is InChI=1S/C47H35N5/c48-30-31-16-18-35(19-17-31)43-29-41(33-10-4-1-5-11-33)44-40-28-39(25-22-34(40)26-27-42(44)49-43)32-20-23-38(24-21-32)47-51-45(36-12-6-2-7-13-36)50-46(52-47)37-14-8-3-9-15-37/h1-29,43,45,47,49,51H,(H,50,52)/p+2. The number of fused-ring (bicyclic) bond motifs is 3. The minimum absolute atomic E-state index is 0.0230. The van der Waals surface area contributed by atoms with Crippen LogP contribution in [0.1, 0.15) is 57.3 Å². The van der Waals surface area contributed by atoms with Crippen LogP contribution in [0.2, 0.25) is 0 Å². The molecule has 7 aromatic carbocycles. The summed E-state index contributed by atoms with van der Waals surface area (Å²) in [6.45, 7) is 0. The Bertz CT molecular complexity index is 2480. The minimum atomic E-state index is -0.0230. The number of amidine groups is 1. The quantitative estimate of drug-likeness (QED) is 0.149. The zero-order valence-electron chi connectivity index (χ0n) is 28.5. The summed E-state index contributed by atoms with van der Waals surface area (Å²) in [5.74, 6) is 1.03. The van der Waals surface area contributed by atoms with Gasteiger partial charge in [0.2, 0.25) is 0 Å². The zero-order chi connectivity index (χ0) is 34.9. The lowest BCUT2D eigenvalue weighted by molar-refractivity contribution is -0.881. The molecule has 2 heterocycles. The third-order valence-electron chi connectivity index (χ3n) is 10.2. The highest BCUT2D eigenvalue weighted by molar-refractivity contribution is 6.05. The van der Waals surface area contributed by atoms with E-state index in [-0.39, 0.29) is 18.4 Å². The predicted molar refractivity (Wildman–Crippen MR) is 209 cm³/mol. The highest BCUT2D eigenvalue weighted by Crippen LogP contribution is 2.43. The van der Waals surface area contributed by atoms with Gasteiger partial charge in [0, 0.05) is 11.3 Å². The fourth-order valence-corrected chi connectivity index (χ4v) is 7.52. The lowest BCUT2D eigenvalue weighted by Gasteiger charge is -2.28. The van der Waals surface area contributed by atoms with Crippen molar-refractivity contribution in [2.75, 3.05) is 5.32 Å². The van der Waals surface area contributed by atoms with Crippen LogP contribution in [0.4, 0.5) is 5.69 Å². The van der Waals surface area contributed by atoms with Gasteiger partial charge in [0.15, 0.2) is 0 Å². The van der Waals surface area contributed by atoms with Crippen molar-refractivity contribution in [1.82, 2.24) is 5.32 Å². The van der Waals surface area contributed by atoms with Gasteiger partial charge in [-0.05, 0) is 105 Å². The molecule has 2 aliphatic rings. The number of nitriles is 1. The SMILES string of the molecule is N#Cc1ccc(C2C=C(c3ccccc3)c3c(ccc4ccc(-c5ccc(C6NC(c7ccccc7)=[NH+]C(c7ccccc7)[NH2+]6)cc5)cc34)N2)cc1. The predicted octanol–water partition coefficient (Wildman–Crippen LogP) is 7.37. The van der Waals surface area contributed by atoms with Crippen LogP contribution in [0.25, 0.3) is 27.5 Å². The number of nitrogens with one attached hydrogen (secondary N) is 3. The number of anilines is 1. The first-order chi connectivity index (χ1) is 25.7.